The molecule has 1 aliphatic carbocycles. The second kappa shape index (κ2) is 8.16. The minimum Gasteiger partial charge on any atom is -0.313 e. The molecule has 1 aromatic rings. The SMILES string of the molecule is CC1CCC(CCNCC=Cc2ccccc2)CC1. The van der Waals surface area contributed by atoms with Crippen LogP contribution in [-0.4, -0.2) is 13.1 Å². The largest absolute Gasteiger partial charge is 0.313 e. The first-order chi connectivity index (χ1) is 9.34. The van der Waals surface area contributed by atoms with Gasteiger partial charge in [0, 0.05) is 6.54 Å². The molecule has 19 heavy (non-hydrogen) atoms. The quantitative estimate of drug-likeness (QED) is 0.740. The third-order valence-corrected chi connectivity index (χ3v) is 4.24. The summed E-state index contributed by atoms with van der Waals surface area (Å²) in [5.41, 5.74) is 1.28. The minimum absolute atomic E-state index is 0.970. The third-order valence-electron chi connectivity index (χ3n) is 4.24. The van der Waals surface area contributed by atoms with Crippen LogP contribution in [0.25, 0.3) is 6.08 Å². The van der Waals surface area contributed by atoms with Crippen molar-refractivity contribution in [3.05, 3.63) is 42.0 Å². The van der Waals surface area contributed by atoms with Crippen molar-refractivity contribution in [2.24, 2.45) is 11.8 Å². The van der Waals surface area contributed by atoms with Crippen LogP contribution in [0.4, 0.5) is 0 Å². The van der Waals surface area contributed by atoms with Crippen LogP contribution < -0.4 is 5.32 Å². The summed E-state index contributed by atoms with van der Waals surface area (Å²) in [7, 11) is 0. The van der Waals surface area contributed by atoms with E-state index in [2.05, 4.69) is 54.7 Å². The molecule has 0 radical (unpaired) electrons. The molecule has 1 aromatic carbocycles. The molecule has 1 heteroatoms. The molecule has 104 valence electrons. The van der Waals surface area contributed by atoms with Crippen LogP contribution in [0.15, 0.2) is 36.4 Å². The summed E-state index contributed by atoms with van der Waals surface area (Å²) in [5.74, 6) is 1.94. The first-order valence-corrected chi connectivity index (χ1v) is 7.77. The van der Waals surface area contributed by atoms with Crippen molar-refractivity contribution in [1.29, 1.82) is 0 Å². The Morgan fingerprint density at radius 2 is 1.84 bits per heavy atom. The Morgan fingerprint density at radius 3 is 2.58 bits per heavy atom. The smallest absolute Gasteiger partial charge is 0.0138 e. The molecule has 1 nitrogen and oxygen atoms in total. The zero-order valence-corrected chi connectivity index (χ0v) is 12.1. The van der Waals surface area contributed by atoms with Gasteiger partial charge in [0.05, 0.1) is 0 Å². The van der Waals surface area contributed by atoms with E-state index in [4.69, 9.17) is 0 Å². The van der Waals surface area contributed by atoms with E-state index in [1.54, 1.807) is 0 Å². The van der Waals surface area contributed by atoms with E-state index >= 15 is 0 Å². The Morgan fingerprint density at radius 1 is 1.11 bits per heavy atom. The lowest BCUT2D eigenvalue weighted by molar-refractivity contribution is 0.276. The molecule has 0 unspecified atom stereocenters. The van der Waals surface area contributed by atoms with Gasteiger partial charge in [-0.15, -0.1) is 0 Å². The fraction of sp³-hybridized carbons (Fsp3) is 0.556. The summed E-state index contributed by atoms with van der Waals surface area (Å²) in [6.07, 6.45) is 11.5. The lowest BCUT2D eigenvalue weighted by atomic mass is 9.81. The van der Waals surface area contributed by atoms with Crippen molar-refractivity contribution < 1.29 is 0 Å². The Kier molecular flexibility index (Phi) is 6.16. The molecule has 0 aromatic heterocycles. The molecule has 1 fully saturated rings. The number of hydrogen-bond acceptors (Lipinski definition) is 1. The molecular weight excluding hydrogens is 230 g/mol. The lowest BCUT2D eigenvalue weighted by Crippen LogP contribution is -2.20. The monoisotopic (exact) mass is 257 g/mol. The molecular formula is C18H27N. The summed E-state index contributed by atoms with van der Waals surface area (Å²) in [6, 6.07) is 10.5. The van der Waals surface area contributed by atoms with Crippen molar-refractivity contribution >= 4 is 6.08 Å². The molecule has 1 aliphatic rings. The van der Waals surface area contributed by atoms with E-state index in [1.807, 2.05) is 0 Å². The van der Waals surface area contributed by atoms with Gasteiger partial charge in [-0.2, -0.15) is 0 Å². The summed E-state index contributed by atoms with van der Waals surface area (Å²) < 4.78 is 0. The van der Waals surface area contributed by atoms with Crippen LogP contribution in [0.2, 0.25) is 0 Å². The fourth-order valence-corrected chi connectivity index (χ4v) is 2.87. The minimum atomic E-state index is 0.970. The van der Waals surface area contributed by atoms with E-state index in [0.29, 0.717) is 0 Å². The summed E-state index contributed by atoms with van der Waals surface area (Å²) >= 11 is 0. The Hall–Kier alpha value is -1.08. The fourth-order valence-electron chi connectivity index (χ4n) is 2.87. The van der Waals surface area contributed by atoms with Crippen molar-refractivity contribution in [2.45, 2.75) is 39.0 Å². The van der Waals surface area contributed by atoms with E-state index in [-0.39, 0.29) is 0 Å². The van der Waals surface area contributed by atoms with Crippen molar-refractivity contribution in [1.82, 2.24) is 5.32 Å². The predicted molar refractivity (Wildman–Crippen MR) is 84.1 cm³/mol. The van der Waals surface area contributed by atoms with Crippen molar-refractivity contribution in [3.8, 4) is 0 Å². The normalized spacial score (nSPS) is 23.8. The van der Waals surface area contributed by atoms with Gasteiger partial charge in [-0.1, -0.05) is 75.1 Å². The molecule has 1 saturated carbocycles. The average molecular weight is 257 g/mol. The highest BCUT2D eigenvalue weighted by atomic mass is 14.8. The Labute approximate surface area is 118 Å². The first-order valence-electron chi connectivity index (χ1n) is 7.77. The van der Waals surface area contributed by atoms with Crippen LogP contribution in [0.5, 0.6) is 0 Å². The Balaban J connectivity index is 1.54. The van der Waals surface area contributed by atoms with Crippen molar-refractivity contribution in [3.63, 3.8) is 0 Å². The highest BCUT2D eigenvalue weighted by Gasteiger charge is 2.17. The first kappa shape index (κ1) is 14.3. The number of hydrogen-bond donors (Lipinski definition) is 1. The van der Waals surface area contributed by atoms with Gasteiger partial charge < -0.3 is 5.32 Å². The van der Waals surface area contributed by atoms with Crippen LogP contribution in [0.3, 0.4) is 0 Å². The highest BCUT2D eigenvalue weighted by Crippen LogP contribution is 2.29. The molecule has 1 N–H and O–H groups in total. The maximum Gasteiger partial charge on any atom is 0.0138 e. The van der Waals surface area contributed by atoms with E-state index in [1.165, 1.54) is 37.7 Å². The second-order valence-electron chi connectivity index (χ2n) is 5.93. The molecule has 2 rings (SSSR count). The molecule has 0 heterocycles. The molecule has 0 aliphatic heterocycles. The highest BCUT2D eigenvalue weighted by molar-refractivity contribution is 5.48. The average Bonchev–Trinajstić information content (AvgIpc) is 2.46. The number of rotatable bonds is 6. The molecule has 0 amide bonds. The summed E-state index contributed by atoms with van der Waals surface area (Å²) in [4.78, 5) is 0. The van der Waals surface area contributed by atoms with Gasteiger partial charge in [0.15, 0.2) is 0 Å². The van der Waals surface area contributed by atoms with Gasteiger partial charge in [0.2, 0.25) is 0 Å². The van der Waals surface area contributed by atoms with E-state index in [0.717, 1.165) is 24.9 Å². The summed E-state index contributed by atoms with van der Waals surface area (Å²) in [5, 5.41) is 3.53. The van der Waals surface area contributed by atoms with Crippen LogP contribution >= 0.6 is 0 Å². The van der Waals surface area contributed by atoms with Gasteiger partial charge in [-0.05, 0) is 30.4 Å². The van der Waals surface area contributed by atoms with Gasteiger partial charge in [0.1, 0.15) is 0 Å². The maximum atomic E-state index is 3.53. The van der Waals surface area contributed by atoms with Gasteiger partial charge in [-0.25, -0.2) is 0 Å². The molecule has 0 spiro atoms. The van der Waals surface area contributed by atoms with Gasteiger partial charge in [-0.3, -0.25) is 0 Å². The number of nitrogens with one attached hydrogen (secondary N) is 1. The van der Waals surface area contributed by atoms with Crippen LogP contribution in [0, 0.1) is 11.8 Å². The molecule has 0 bridgehead atoms. The lowest BCUT2D eigenvalue weighted by Gasteiger charge is -2.26. The Bertz CT molecular complexity index is 361. The van der Waals surface area contributed by atoms with E-state index < -0.39 is 0 Å². The predicted octanol–water partition coefficient (Wildman–Crippen LogP) is 4.51. The maximum absolute atomic E-state index is 3.53. The molecule has 0 atom stereocenters. The topological polar surface area (TPSA) is 12.0 Å². The number of benzene rings is 1. The third kappa shape index (κ3) is 5.61. The van der Waals surface area contributed by atoms with Crippen LogP contribution in [0.1, 0.15) is 44.6 Å². The van der Waals surface area contributed by atoms with E-state index in [9.17, 15) is 0 Å². The summed E-state index contributed by atoms with van der Waals surface area (Å²) in [6.45, 7) is 4.54. The van der Waals surface area contributed by atoms with Gasteiger partial charge >= 0.3 is 0 Å². The second-order valence-corrected chi connectivity index (χ2v) is 5.93. The van der Waals surface area contributed by atoms with Crippen LogP contribution in [-0.2, 0) is 0 Å². The van der Waals surface area contributed by atoms with Crippen molar-refractivity contribution in [2.75, 3.05) is 13.1 Å². The molecule has 0 saturated heterocycles. The zero-order chi connectivity index (χ0) is 13.3. The van der Waals surface area contributed by atoms with Gasteiger partial charge in [0.25, 0.3) is 0 Å². The standard InChI is InChI=1S/C18H27N/c1-16-9-11-18(12-10-16)13-15-19-14-5-8-17-6-3-2-4-7-17/h2-8,16,18-19H,9-15H2,1H3. The zero-order valence-electron chi connectivity index (χ0n) is 12.1.